The second kappa shape index (κ2) is 8.12. The molecule has 1 amide bonds. The molecule has 2 aromatic carbocycles. The van der Waals surface area contributed by atoms with Gasteiger partial charge in [-0.05, 0) is 24.3 Å². The number of pyridine rings is 1. The van der Waals surface area contributed by atoms with Gasteiger partial charge in [-0.2, -0.15) is 0 Å². The molecule has 0 saturated carbocycles. The zero-order valence-corrected chi connectivity index (χ0v) is 16.6. The summed E-state index contributed by atoms with van der Waals surface area (Å²) in [5.74, 6) is 1.09. The van der Waals surface area contributed by atoms with Crippen molar-refractivity contribution in [3.05, 3.63) is 60.4 Å². The highest BCUT2D eigenvalue weighted by molar-refractivity contribution is 6.08. The fourth-order valence-corrected chi connectivity index (χ4v) is 3.14. The molecule has 0 bridgehead atoms. The zero-order chi connectivity index (χ0) is 21.1. The quantitative estimate of drug-likeness (QED) is 0.514. The Kier molecular flexibility index (Phi) is 5.21. The first-order chi connectivity index (χ1) is 14.7. The molecular weight excluding hydrogens is 386 g/mol. The predicted molar refractivity (Wildman–Crippen MR) is 111 cm³/mol. The third-order valence-electron chi connectivity index (χ3n) is 4.54. The molecule has 0 saturated heterocycles. The minimum absolute atomic E-state index is 0.278. The Morgan fingerprint density at radius 2 is 1.77 bits per heavy atom. The van der Waals surface area contributed by atoms with Gasteiger partial charge in [0.15, 0.2) is 17.1 Å². The van der Waals surface area contributed by atoms with E-state index in [0.29, 0.717) is 45.3 Å². The maximum absolute atomic E-state index is 13.1. The molecule has 152 valence electrons. The molecule has 0 atom stereocenters. The van der Waals surface area contributed by atoms with Crippen LogP contribution < -0.4 is 19.5 Å². The van der Waals surface area contributed by atoms with Gasteiger partial charge in [0.2, 0.25) is 11.6 Å². The number of hydrogen-bond donors (Lipinski definition) is 1. The molecule has 0 fully saturated rings. The number of benzene rings is 2. The highest BCUT2D eigenvalue weighted by atomic mass is 16.5. The topological polar surface area (TPSA) is 95.7 Å². The number of rotatable bonds is 6. The van der Waals surface area contributed by atoms with Crippen molar-refractivity contribution >= 4 is 22.7 Å². The van der Waals surface area contributed by atoms with Gasteiger partial charge >= 0.3 is 0 Å². The third kappa shape index (κ3) is 3.39. The van der Waals surface area contributed by atoms with E-state index in [-0.39, 0.29) is 11.7 Å². The predicted octanol–water partition coefficient (Wildman–Crippen LogP) is 4.17. The van der Waals surface area contributed by atoms with Gasteiger partial charge in [0.05, 0.1) is 44.3 Å². The highest BCUT2D eigenvalue weighted by Gasteiger charge is 2.22. The molecule has 0 radical (unpaired) electrons. The van der Waals surface area contributed by atoms with Gasteiger partial charge in [0.25, 0.3) is 5.91 Å². The average Bonchev–Trinajstić information content (AvgIpc) is 3.22. The van der Waals surface area contributed by atoms with E-state index in [0.717, 1.165) is 0 Å². The van der Waals surface area contributed by atoms with Crippen LogP contribution in [0.15, 0.2) is 59.3 Å². The monoisotopic (exact) mass is 405 g/mol. The SMILES string of the molecule is COc1ccc(C(=O)Nc2ccccc2-c2nc3cnccc3o2)c(OC)c1OC. The number of ether oxygens (including phenoxy) is 3. The van der Waals surface area contributed by atoms with E-state index in [1.54, 1.807) is 36.7 Å². The van der Waals surface area contributed by atoms with Gasteiger partial charge in [0.1, 0.15) is 5.52 Å². The lowest BCUT2D eigenvalue weighted by Crippen LogP contribution is -2.14. The minimum Gasteiger partial charge on any atom is -0.493 e. The fraction of sp³-hybridized carbons (Fsp3) is 0.136. The number of aromatic nitrogens is 2. The lowest BCUT2D eigenvalue weighted by molar-refractivity contribution is 0.102. The number of anilines is 1. The van der Waals surface area contributed by atoms with Crippen molar-refractivity contribution in [2.45, 2.75) is 0 Å². The first-order valence-electron chi connectivity index (χ1n) is 9.06. The number of carbonyl (C=O) groups is 1. The summed E-state index contributed by atoms with van der Waals surface area (Å²) in [6, 6.07) is 12.2. The molecule has 8 heteroatoms. The zero-order valence-electron chi connectivity index (χ0n) is 16.6. The standard InChI is InChI=1S/C22H19N3O5/c1-27-18-9-8-14(19(28-2)20(18)29-3)21(26)24-15-7-5-4-6-13(15)22-25-16-12-23-11-10-17(16)30-22/h4-12H,1-3H3,(H,24,26). The van der Waals surface area contributed by atoms with E-state index in [9.17, 15) is 4.79 Å². The molecule has 0 spiro atoms. The number of para-hydroxylation sites is 1. The lowest BCUT2D eigenvalue weighted by atomic mass is 10.1. The molecular formula is C22H19N3O5. The van der Waals surface area contributed by atoms with Gasteiger partial charge in [-0.25, -0.2) is 4.98 Å². The van der Waals surface area contributed by atoms with Crippen molar-refractivity contribution in [2.75, 3.05) is 26.6 Å². The largest absolute Gasteiger partial charge is 0.493 e. The van der Waals surface area contributed by atoms with E-state index < -0.39 is 0 Å². The van der Waals surface area contributed by atoms with Crippen LogP contribution in [0.1, 0.15) is 10.4 Å². The van der Waals surface area contributed by atoms with Crippen molar-refractivity contribution < 1.29 is 23.4 Å². The molecule has 0 aliphatic heterocycles. The first kappa shape index (κ1) is 19.3. The van der Waals surface area contributed by atoms with Crippen molar-refractivity contribution in [3.8, 4) is 28.7 Å². The van der Waals surface area contributed by atoms with Gasteiger partial charge in [-0.1, -0.05) is 12.1 Å². The number of fused-ring (bicyclic) bond motifs is 1. The fourth-order valence-electron chi connectivity index (χ4n) is 3.14. The van der Waals surface area contributed by atoms with Crippen LogP contribution in [-0.2, 0) is 0 Å². The molecule has 4 rings (SSSR count). The highest BCUT2D eigenvalue weighted by Crippen LogP contribution is 2.40. The average molecular weight is 405 g/mol. The molecule has 0 aliphatic carbocycles. The smallest absolute Gasteiger partial charge is 0.259 e. The number of methoxy groups -OCH3 is 3. The Balaban J connectivity index is 1.71. The van der Waals surface area contributed by atoms with E-state index in [2.05, 4.69) is 15.3 Å². The summed E-state index contributed by atoms with van der Waals surface area (Å²) >= 11 is 0. The second-order valence-electron chi connectivity index (χ2n) is 6.24. The summed E-state index contributed by atoms with van der Waals surface area (Å²) in [6.45, 7) is 0. The third-order valence-corrected chi connectivity index (χ3v) is 4.54. The van der Waals surface area contributed by atoms with Gasteiger partial charge < -0.3 is 23.9 Å². The summed E-state index contributed by atoms with van der Waals surface area (Å²) in [5, 5.41) is 2.90. The van der Waals surface area contributed by atoms with Crippen LogP contribution in [0, 0.1) is 0 Å². The molecule has 0 aliphatic rings. The van der Waals surface area contributed by atoms with Crippen LogP contribution in [0.3, 0.4) is 0 Å². The van der Waals surface area contributed by atoms with Crippen LogP contribution in [0.4, 0.5) is 5.69 Å². The van der Waals surface area contributed by atoms with E-state index in [1.165, 1.54) is 21.3 Å². The first-order valence-corrected chi connectivity index (χ1v) is 9.06. The maximum Gasteiger partial charge on any atom is 0.259 e. The summed E-state index contributed by atoms with van der Waals surface area (Å²) in [7, 11) is 4.47. The van der Waals surface area contributed by atoms with Gasteiger partial charge in [0, 0.05) is 12.3 Å². The lowest BCUT2D eigenvalue weighted by Gasteiger charge is -2.16. The summed E-state index contributed by atoms with van der Waals surface area (Å²) in [4.78, 5) is 21.6. The van der Waals surface area contributed by atoms with Gasteiger partial charge in [-0.15, -0.1) is 0 Å². The Morgan fingerprint density at radius 3 is 2.50 bits per heavy atom. The summed E-state index contributed by atoms with van der Waals surface area (Å²) < 4.78 is 21.9. The van der Waals surface area contributed by atoms with Crippen LogP contribution in [0.2, 0.25) is 0 Å². The number of oxazole rings is 1. The molecule has 1 N–H and O–H groups in total. The van der Waals surface area contributed by atoms with Crippen LogP contribution in [0.5, 0.6) is 17.2 Å². The number of hydrogen-bond acceptors (Lipinski definition) is 7. The van der Waals surface area contributed by atoms with Gasteiger partial charge in [-0.3, -0.25) is 9.78 Å². The van der Waals surface area contributed by atoms with E-state index >= 15 is 0 Å². The summed E-state index contributed by atoms with van der Waals surface area (Å²) in [5.41, 5.74) is 2.73. The Bertz CT molecular complexity index is 1190. The molecule has 30 heavy (non-hydrogen) atoms. The van der Waals surface area contributed by atoms with Crippen molar-refractivity contribution in [1.82, 2.24) is 9.97 Å². The van der Waals surface area contributed by atoms with Crippen LogP contribution in [-0.4, -0.2) is 37.2 Å². The molecule has 8 nitrogen and oxygen atoms in total. The van der Waals surface area contributed by atoms with Crippen LogP contribution in [0.25, 0.3) is 22.6 Å². The number of carbonyl (C=O) groups excluding carboxylic acids is 1. The molecule has 2 heterocycles. The second-order valence-corrected chi connectivity index (χ2v) is 6.24. The summed E-state index contributed by atoms with van der Waals surface area (Å²) in [6.07, 6.45) is 3.26. The van der Waals surface area contributed by atoms with E-state index in [4.69, 9.17) is 18.6 Å². The van der Waals surface area contributed by atoms with Crippen molar-refractivity contribution in [3.63, 3.8) is 0 Å². The molecule has 0 unspecified atom stereocenters. The Labute approximate surface area is 172 Å². The minimum atomic E-state index is -0.377. The Hall–Kier alpha value is -4.07. The van der Waals surface area contributed by atoms with Crippen molar-refractivity contribution in [2.24, 2.45) is 0 Å². The van der Waals surface area contributed by atoms with E-state index in [1.807, 2.05) is 18.2 Å². The normalized spacial score (nSPS) is 10.6. The number of nitrogens with zero attached hydrogens (tertiary/aromatic N) is 2. The maximum atomic E-state index is 13.1. The van der Waals surface area contributed by atoms with Crippen molar-refractivity contribution in [1.29, 1.82) is 0 Å². The number of amides is 1. The molecule has 4 aromatic rings. The molecule has 2 aromatic heterocycles. The Morgan fingerprint density at radius 1 is 0.967 bits per heavy atom. The number of nitrogens with one attached hydrogen (secondary N) is 1. The van der Waals surface area contributed by atoms with Crippen LogP contribution >= 0.6 is 0 Å².